The molecule has 0 fully saturated rings. The maximum atomic E-state index is 13.6. The Morgan fingerprint density at radius 3 is 2.39 bits per heavy atom. The van der Waals surface area contributed by atoms with E-state index in [1.54, 1.807) is 36.4 Å². The molecule has 0 atom stereocenters. The van der Waals surface area contributed by atoms with Crippen molar-refractivity contribution in [3.63, 3.8) is 0 Å². The summed E-state index contributed by atoms with van der Waals surface area (Å²) in [4.78, 5) is 0. The van der Waals surface area contributed by atoms with Crippen LogP contribution in [0.15, 0.2) is 54.6 Å². The van der Waals surface area contributed by atoms with Crippen molar-refractivity contribution >= 4 is 27.2 Å². The van der Waals surface area contributed by atoms with Crippen LogP contribution in [-0.4, -0.2) is 11.5 Å². The number of ether oxygens (including phenoxy) is 1. The van der Waals surface area contributed by atoms with Gasteiger partial charge < -0.3 is 9.14 Å². The Labute approximate surface area is 129 Å². The number of halogens is 3. The number of hydrogen-bond acceptors (Lipinski definition) is 1. The zero-order valence-corrected chi connectivity index (χ0v) is 12.2. The van der Waals surface area contributed by atoms with Gasteiger partial charge in [-0.2, -0.15) is 13.2 Å². The Morgan fingerprint density at radius 2 is 1.65 bits per heavy atom. The van der Waals surface area contributed by atoms with Gasteiger partial charge in [-0.3, -0.25) is 0 Å². The molecule has 0 unspecified atom stereocenters. The van der Waals surface area contributed by atoms with Crippen molar-refractivity contribution in [1.82, 2.24) is 4.40 Å². The highest BCUT2D eigenvalue weighted by Gasteiger charge is 2.34. The van der Waals surface area contributed by atoms with Crippen LogP contribution in [0.3, 0.4) is 0 Å². The first-order chi connectivity index (χ1) is 11.0. The molecule has 0 bridgehead atoms. The van der Waals surface area contributed by atoms with Crippen LogP contribution in [0.2, 0.25) is 0 Å². The van der Waals surface area contributed by atoms with Gasteiger partial charge in [0.1, 0.15) is 11.4 Å². The van der Waals surface area contributed by atoms with Gasteiger partial charge in [-0.25, -0.2) is 0 Å². The molecule has 0 N–H and O–H groups in total. The van der Waals surface area contributed by atoms with Crippen molar-refractivity contribution < 1.29 is 17.9 Å². The van der Waals surface area contributed by atoms with Gasteiger partial charge in [-0.15, -0.1) is 0 Å². The van der Waals surface area contributed by atoms with Crippen molar-refractivity contribution in [3.8, 4) is 5.75 Å². The number of rotatable bonds is 1. The molecule has 2 aromatic carbocycles. The van der Waals surface area contributed by atoms with Crippen LogP contribution < -0.4 is 4.74 Å². The smallest absolute Gasteiger partial charge is 0.431 e. The Balaban J connectivity index is 2.25. The molecule has 0 amide bonds. The highest BCUT2D eigenvalue weighted by atomic mass is 19.4. The maximum absolute atomic E-state index is 13.6. The predicted octanol–water partition coefficient (Wildman–Crippen LogP) is 5.27. The van der Waals surface area contributed by atoms with Gasteiger partial charge >= 0.3 is 6.18 Å². The number of aromatic nitrogens is 1. The summed E-state index contributed by atoms with van der Waals surface area (Å²) in [6.07, 6.45) is -4.44. The zero-order valence-electron chi connectivity index (χ0n) is 12.2. The molecule has 2 aromatic heterocycles. The van der Waals surface area contributed by atoms with Gasteiger partial charge in [0.2, 0.25) is 0 Å². The minimum Gasteiger partial charge on any atom is -0.497 e. The first kappa shape index (κ1) is 13.9. The molecule has 4 aromatic rings. The third-order valence-corrected chi connectivity index (χ3v) is 4.07. The first-order valence-electron chi connectivity index (χ1n) is 7.07. The highest BCUT2D eigenvalue weighted by molar-refractivity contribution is 6.03. The maximum Gasteiger partial charge on any atom is 0.431 e. The third-order valence-electron chi connectivity index (χ3n) is 4.07. The second-order valence-corrected chi connectivity index (χ2v) is 5.40. The number of pyridine rings is 1. The van der Waals surface area contributed by atoms with E-state index >= 15 is 0 Å². The highest BCUT2D eigenvalue weighted by Crippen LogP contribution is 2.37. The summed E-state index contributed by atoms with van der Waals surface area (Å²) in [5.74, 6) is 0.617. The fourth-order valence-corrected chi connectivity index (χ4v) is 3.05. The quantitative estimate of drug-likeness (QED) is 0.466. The summed E-state index contributed by atoms with van der Waals surface area (Å²) in [5.41, 5.74) is 0.379. The molecular formula is C18H12F3NO. The van der Waals surface area contributed by atoms with Crippen LogP contribution in [0.4, 0.5) is 13.2 Å². The van der Waals surface area contributed by atoms with E-state index in [9.17, 15) is 13.2 Å². The Bertz CT molecular complexity index is 1050. The van der Waals surface area contributed by atoms with Gasteiger partial charge in [0.15, 0.2) is 0 Å². The van der Waals surface area contributed by atoms with Gasteiger partial charge in [0.05, 0.1) is 18.1 Å². The molecular weight excluding hydrogens is 303 g/mol. The summed E-state index contributed by atoms with van der Waals surface area (Å²) in [6.45, 7) is 0. The normalized spacial score (nSPS) is 12.3. The lowest BCUT2D eigenvalue weighted by Crippen LogP contribution is -2.11. The SMILES string of the molecule is COc1ccc2c(c1)cc1c3ccccc3cc(C(F)(F)F)n21. The first-order valence-corrected chi connectivity index (χ1v) is 7.07. The van der Waals surface area contributed by atoms with E-state index in [0.717, 1.165) is 5.39 Å². The molecule has 23 heavy (non-hydrogen) atoms. The molecule has 0 aliphatic carbocycles. The van der Waals surface area contributed by atoms with Crippen molar-refractivity contribution in [2.75, 3.05) is 7.11 Å². The molecule has 5 heteroatoms. The molecule has 0 saturated heterocycles. The second-order valence-electron chi connectivity index (χ2n) is 5.40. The fourth-order valence-electron chi connectivity index (χ4n) is 3.05. The lowest BCUT2D eigenvalue weighted by molar-refractivity contribution is -0.141. The van der Waals surface area contributed by atoms with E-state index < -0.39 is 11.9 Å². The Hall–Kier alpha value is -2.69. The summed E-state index contributed by atoms with van der Waals surface area (Å²) in [5, 5.41) is 2.07. The van der Waals surface area contributed by atoms with Crippen LogP contribution in [0.25, 0.3) is 27.2 Å². The summed E-state index contributed by atoms with van der Waals surface area (Å²) < 4.78 is 47.1. The largest absolute Gasteiger partial charge is 0.497 e. The molecule has 0 aliphatic heterocycles. The van der Waals surface area contributed by atoms with Crippen molar-refractivity contribution in [1.29, 1.82) is 0 Å². The minimum absolute atomic E-state index is 0.513. The van der Waals surface area contributed by atoms with E-state index in [1.165, 1.54) is 17.6 Å². The standard InChI is InChI=1S/C18H12F3NO/c1-23-13-6-7-15-12(8-13)9-16-14-5-3-2-4-11(14)10-17(22(15)16)18(19,20)21/h2-10H,1H3. The van der Waals surface area contributed by atoms with Crippen LogP contribution in [0, 0.1) is 0 Å². The predicted molar refractivity (Wildman–Crippen MR) is 84.0 cm³/mol. The molecule has 4 rings (SSSR count). The van der Waals surface area contributed by atoms with E-state index in [4.69, 9.17) is 4.74 Å². The number of fused-ring (bicyclic) bond motifs is 5. The summed E-state index contributed by atoms with van der Waals surface area (Å²) in [6, 6.07) is 15.1. The van der Waals surface area contributed by atoms with E-state index in [-0.39, 0.29) is 0 Å². The van der Waals surface area contributed by atoms with Gasteiger partial charge in [0.25, 0.3) is 0 Å². The molecule has 0 aliphatic rings. The average molecular weight is 315 g/mol. The monoisotopic (exact) mass is 315 g/mol. The summed E-state index contributed by atoms with van der Waals surface area (Å²) in [7, 11) is 1.54. The third kappa shape index (κ3) is 2.04. The lowest BCUT2D eigenvalue weighted by atomic mass is 10.1. The van der Waals surface area contributed by atoms with Gasteiger partial charge in [-0.05, 0) is 35.7 Å². The van der Waals surface area contributed by atoms with E-state index in [0.29, 0.717) is 27.6 Å². The van der Waals surface area contributed by atoms with Crippen LogP contribution in [0.1, 0.15) is 5.69 Å². The Morgan fingerprint density at radius 1 is 0.870 bits per heavy atom. The number of nitrogens with zero attached hydrogens (tertiary/aromatic N) is 1. The van der Waals surface area contributed by atoms with Crippen molar-refractivity contribution in [3.05, 3.63) is 60.3 Å². The summed E-state index contributed by atoms with van der Waals surface area (Å²) >= 11 is 0. The number of hydrogen-bond donors (Lipinski definition) is 0. The van der Waals surface area contributed by atoms with E-state index in [2.05, 4.69) is 0 Å². The molecule has 0 saturated carbocycles. The molecule has 2 nitrogen and oxygen atoms in total. The van der Waals surface area contributed by atoms with Crippen molar-refractivity contribution in [2.45, 2.75) is 6.18 Å². The fraction of sp³-hybridized carbons (Fsp3) is 0.111. The van der Waals surface area contributed by atoms with E-state index in [1.807, 2.05) is 12.1 Å². The zero-order chi connectivity index (χ0) is 16.2. The second kappa shape index (κ2) is 4.65. The molecule has 0 radical (unpaired) electrons. The topological polar surface area (TPSA) is 13.6 Å². The number of alkyl halides is 3. The molecule has 0 spiro atoms. The van der Waals surface area contributed by atoms with Crippen LogP contribution in [-0.2, 0) is 6.18 Å². The molecule has 116 valence electrons. The average Bonchev–Trinajstić information content (AvgIpc) is 2.91. The number of methoxy groups -OCH3 is 1. The van der Waals surface area contributed by atoms with Gasteiger partial charge in [-0.1, -0.05) is 24.3 Å². The van der Waals surface area contributed by atoms with Crippen LogP contribution >= 0.6 is 0 Å². The minimum atomic E-state index is -4.44. The van der Waals surface area contributed by atoms with Gasteiger partial charge in [0, 0.05) is 10.8 Å². The van der Waals surface area contributed by atoms with Crippen molar-refractivity contribution in [2.24, 2.45) is 0 Å². The lowest BCUT2D eigenvalue weighted by Gasteiger charge is -2.13. The number of benzene rings is 2. The molecule has 2 heterocycles. The Kier molecular flexibility index (Phi) is 2.82. The van der Waals surface area contributed by atoms with Crippen LogP contribution in [0.5, 0.6) is 5.75 Å².